The maximum atomic E-state index is 12.4. The number of piperidine rings is 1. The summed E-state index contributed by atoms with van der Waals surface area (Å²) in [6.45, 7) is 1.47. The van der Waals surface area contributed by atoms with Gasteiger partial charge in [0.1, 0.15) is 0 Å². The van der Waals surface area contributed by atoms with Crippen LogP contribution < -0.4 is 14.8 Å². The third kappa shape index (κ3) is 2.90. The van der Waals surface area contributed by atoms with Crippen LogP contribution in [0.3, 0.4) is 0 Å². The van der Waals surface area contributed by atoms with Crippen molar-refractivity contribution in [2.75, 3.05) is 25.0 Å². The Balaban J connectivity index is 1.42. The topological polar surface area (TPSA) is 71.0 Å². The van der Waals surface area contributed by atoms with E-state index in [1.165, 1.54) is 0 Å². The molecule has 0 aromatic heterocycles. The number of nitrogens with zero attached hydrogens (tertiary/aromatic N) is 1. The molecule has 3 aliphatic rings. The number of carbonyl (C=O) groups is 1. The first-order valence-corrected chi connectivity index (χ1v) is 8.86. The van der Waals surface area contributed by atoms with Crippen LogP contribution in [0.15, 0.2) is 18.2 Å². The van der Waals surface area contributed by atoms with Crippen molar-refractivity contribution < 1.29 is 19.4 Å². The molecule has 0 bridgehead atoms. The van der Waals surface area contributed by atoms with Crippen molar-refractivity contribution in [3.05, 3.63) is 18.2 Å². The molecule has 130 valence electrons. The average molecular weight is 332 g/mol. The molecule has 4 rings (SSSR count). The summed E-state index contributed by atoms with van der Waals surface area (Å²) in [5, 5.41) is 12.2. The lowest BCUT2D eigenvalue weighted by Gasteiger charge is -2.31. The molecular weight excluding hydrogens is 308 g/mol. The zero-order valence-corrected chi connectivity index (χ0v) is 13.8. The van der Waals surface area contributed by atoms with E-state index in [2.05, 4.69) is 5.32 Å². The molecule has 2 amide bonds. The van der Waals surface area contributed by atoms with Gasteiger partial charge in [0.05, 0.1) is 0 Å². The number of aliphatic hydroxyl groups is 1. The Morgan fingerprint density at radius 3 is 2.83 bits per heavy atom. The molecule has 1 aromatic carbocycles. The Kier molecular flexibility index (Phi) is 4.00. The Bertz CT molecular complexity index is 627. The molecule has 0 radical (unpaired) electrons. The van der Waals surface area contributed by atoms with Crippen molar-refractivity contribution in [2.45, 2.75) is 44.3 Å². The number of benzene rings is 1. The van der Waals surface area contributed by atoms with Gasteiger partial charge in [0.2, 0.25) is 0 Å². The molecule has 1 spiro atoms. The normalized spacial score (nSPS) is 24.4. The minimum Gasteiger partial charge on any atom is -0.448 e. The molecule has 1 saturated carbocycles. The number of urea groups is 1. The van der Waals surface area contributed by atoms with Gasteiger partial charge in [-0.05, 0) is 43.7 Å². The van der Waals surface area contributed by atoms with Crippen LogP contribution in [-0.2, 0) is 0 Å². The number of fused-ring (bicyclic) bond motifs is 1. The summed E-state index contributed by atoms with van der Waals surface area (Å²) in [7, 11) is 0. The monoisotopic (exact) mass is 332 g/mol. The molecule has 2 fully saturated rings. The van der Waals surface area contributed by atoms with Gasteiger partial charge >= 0.3 is 6.03 Å². The number of aliphatic hydroxyl groups excluding tert-OH is 1. The summed E-state index contributed by atoms with van der Waals surface area (Å²) in [6.07, 6.45) is 5.99. The first-order valence-electron chi connectivity index (χ1n) is 8.86. The molecule has 6 nitrogen and oxygen atoms in total. The van der Waals surface area contributed by atoms with E-state index in [1.807, 2.05) is 18.2 Å². The maximum Gasteiger partial charge on any atom is 0.321 e. The zero-order chi connectivity index (χ0) is 16.6. The van der Waals surface area contributed by atoms with Crippen LogP contribution >= 0.6 is 0 Å². The van der Waals surface area contributed by atoms with Crippen LogP contribution in [-0.4, -0.2) is 41.5 Å². The quantitative estimate of drug-likeness (QED) is 0.873. The number of amides is 2. The largest absolute Gasteiger partial charge is 0.448 e. The van der Waals surface area contributed by atoms with Crippen LogP contribution in [0.4, 0.5) is 10.5 Å². The summed E-state index contributed by atoms with van der Waals surface area (Å²) in [4.78, 5) is 14.2. The van der Waals surface area contributed by atoms with Gasteiger partial charge in [-0.15, -0.1) is 0 Å². The number of rotatable bonds is 2. The van der Waals surface area contributed by atoms with E-state index >= 15 is 0 Å². The van der Waals surface area contributed by atoms with E-state index in [-0.39, 0.29) is 18.6 Å². The van der Waals surface area contributed by atoms with E-state index in [0.717, 1.165) is 50.8 Å². The first kappa shape index (κ1) is 15.6. The summed E-state index contributed by atoms with van der Waals surface area (Å²) >= 11 is 0. The lowest BCUT2D eigenvalue weighted by atomic mass is 9.99. The second-order valence-corrected chi connectivity index (χ2v) is 7.05. The SMILES string of the molecule is O=C(Nc1ccc2c(c1)OC1(CCCC1)O2)N1CCCC(CO)C1. The van der Waals surface area contributed by atoms with Gasteiger partial charge in [-0.3, -0.25) is 0 Å². The average Bonchev–Trinajstić information content (AvgIpc) is 3.20. The molecule has 6 heteroatoms. The van der Waals surface area contributed by atoms with Gasteiger partial charge in [-0.25, -0.2) is 4.79 Å². The molecule has 2 aliphatic heterocycles. The highest BCUT2D eigenvalue weighted by Crippen LogP contribution is 2.47. The second-order valence-electron chi connectivity index (χ2n) is 7.05. The zero-order valence-electron chi connectivity index (χ0n) is 13.8. The third-order valence-corrected chi connectivity index (χ3v) is 5.22. The van der Waals surface area contributed by atoms with Crippen LogP contribution in [0.25, 0.3) is 0 Å². The van der Waals surface area contributed by atoms with E-state index in [0.29, 0.717) is 18.0 Å². The Hall–Kier alpha value is -1.95. The number of carbonyl (C=O) groups excluding carboxylic acids is 1. The standard InChI is InChI=1S/C18H24N2O4/c21-12-13-4-3-9-20(11-13)17(22)19-14-5-6-15-16(10-14)24-18(23-15)7-1-2-8-18/h5-6,10,13,21H,1-4,7-9,11-12H2,(H,19,22). The highest BCUT2D eigenvalue weighted by Gasteiger charge is 2.44. The van der Waals surface area contributed by atoms with E-state index in [1.54, 1.807) is 4.90 Å². The minimum absolute atomic E-state index is 0.123. The predicted octanol–water partition coefficient (Wildman–Crippen LogP) is 2.96. The molecule has 1 aromatic rings. The Morgan fingerprint density at radius 1 is 1.25 bits per heavy atom. The van der Waals surface area contributed by atoms with Gasteiger partial charge < -0.3 is 24.8 Å². The lowest BCUT2D eigenvalue weighted by molar-refractivity contribution is -0.0716. The minimum atomic E-state index is -0.480. The predicted molar refractivity (Wildman–Crippen MR) is 89.3 cm³/mol. The summed E-state index contributed by atoms with van der Waals surface area (Å²) in [5.74, 6) is 1.17. The molecule has 1 atom stereocenters. The smallest absolute Gasteiger partial charge is 0.321 e. The first-order chi connectivity index (χ1) is 11.7. The highest BCUT2D eigenvalue weighted by atomic mass is 16.7. The Morgan fingerprint density at radius 2 is 2.04 bits per heavy atom. The van der Waals surface area contributed by atoms with Gasteiger partial charge in [0, 0.05) is 44.3 Å². The molecule has 2 N–H and O–H groups in total. The maximum absolute atomic E-state index is 12.4. The van der Waals surface area contributed by atoms with Crippen LogP contribution in [0.2, 0.25) is 0 Å². The summed E-state index contributed by atoms with van der Waals surface area (Å²) in [5.41, 5.74) is 0.712. The van der Waals surface area contributed by atoms with Crippen molar-refractivity contribution >= 4 is 11.7 Å². The van der Waals surface area contributed by atoms with Gasteiger partial charge in [-0.1, -0.05) is 0 Å². The van der Waals surface area contributed by atoms with Gasteiger partial charge in [0.15, 0.2) is 11.5 Å². The molecular formula is C18H24N2O4. The third-order valence-electron chi connectivity index (χ3n) is 5.22. The van der Waals surface area contributed by atoms with Gasteiger partial charge in [-0.2, -0.15) is 0 Å². The summed E-state index contributed by atoms with van der Waals surface area (Å²) < 4.78 is 12.0. The van der Waals surface area contributed by atoms with E-state index in [4.69, 9.17) is 9.47 Å². The van der Waals surface area contributed by atoms with Crippen LogP contribution in [0.1, 0.15) is 38.5 Å². The number of likely N-dealkylation sites (tertiary alicyclic amines) is 1. The lowest BCUT2D eigenvalue weighted by Crippen LogP contribution is -2.43. The van der Waals surface area contributed by atoms with Crippen LogP contribution in [0, 0.1) is 5.92 Å². The van der Waals surface area contributed by atoms with Crippen molar-refractivity contribution in [3.63, 3.8) is 0 Å². The number of anilines is 1. The second kappa shape index (κ2) is 6.16. The van der Waals surface area contributed by atoms with Crippen molar-refractivity contribution in [1.82, 2.24) is 4.90 Å². The Labute approximate surface area is 141 Å². The molecule has 1 aliphatic carbocycles. The van der Waals surface area contributed by atoms with E-state index < -0.39 is 5.79 Å². The van der Waals surface area contributed by atoms with Crippen molar-refractivity contribution in [1.29, 1.82) is 0 Å². The molecule has 2 heterocycles. The van der Waals surface area contributed by atoms with Gasteiger partial charge in [0.25, 0.3) is 5.79 Å². The van der Waals surface area contributed by atoms with Crippen molar-refractivity contribution in [3.8, 4) is 11.5 Å². The number of ether oxygens (including phenoxy) is 2. The molecule has 1 unspecified atom stereocenters. The summed E-state index contributed by atoms with van der Waals surface area (Å²) in [6, 6.07) is 5.43. The highest BCUT2D eigenvalue weighted by molar-refractivity contribution is 5.89. The number of nitrogens with one attached hydrogen (secondary N) is 1. The number of hydrogen-bond acceptors (Lipinski definition) is 4. The fourth-order valence-corrected chi connectivity index (χ4v) is 3.89. The number of hydrogen-bond donors (Lipinski definition) is 2. The molecule has 24 heavy (non-hydrogen) atoms. The fourth-order valence-electron chi connectivity index (χ4n) is 3.89. The fraction of sp³-hybridized carbons (Fsp3) is 0.611. The van der Waals surface area contributed by atoms with Crippen LogP contribution in [0.5, 0.6) is 11.5 Å². The van der Waals surface area contributed by atoms with Crippen molar-refractivity contribution in [2.24, 2.45) is 5.92 Å². The van der Waals surface area contributed by atoms with E-state index in [9.17, 15) is 9.90 Å². The molecule has 1 saturated heterocycles.